The van der Waals surface area contributed by atoms with Gasteiger partial charge in [0, 0.05) is 29.8 Å². The fraction of sp³-hybridized carbons (Fsp3) is 0.158. The van der Waals surface area contributed by atoms with Gasteiger partial charge in [-0.25, -0.2) is 8.78 Å². The molecule has 0 radical (unpaired) electrons. The molecule has 0 aliphatic heterocycles. The molecule has 1 aromatic heterocycles. The quantitative estimate of drug-likeness (QED) is 0.709. The second kappa shape index (κ2) is 7.77. The number of hydrogen-bond donors (Lipinski definition) is 2. The van der Waals surface area contributed by atoms with Crippen LogP contribution in [0.1, 0.15) is 12.5 Å². The summed E-state index contributed by atoms with van der Waals surface area (Å²) in [6, 6.07) is 12.2. The predicted molar refractivity (Wildman–Crippen MR) is 95.8 cm³/mol. The molecule has 0 aliphatic carbocycles. The third-order valence-electron chi connectivity index (χ3n) is 3.79. The van der Waals surface area contributed by atoms with E-state index in [9.17, 15) is 13.6 Å². The van der Waals surface area contributed by atoms with Gasteiger partial charge in [-0.05, 0) is 42.8 Å². The monoisotopic (exact) mass is 356 g/mol. The first-order valence-electron chi connectivity index (χ1n) is 8.10. The van der Waals surface area contributed by atoms with Crippen molar-refractivity contribution < 1.29 is 13.6 Å². The third-order valence-corrected chi connectivity index (χ3v) is 3.79. The maximum Gasteiger partial charge on any atom is 0.246 e. The Morgan fingerprint density at radius 1 is 1.12 bits per heavy atom. The van der Waals surface area contributed by atoms with Crippen LogP contribution >= 0.6 is 0 Å². The first-order chi connectivity index (χ1) is 12.5. The van der Waals surface area contributed by atoms with Crippen molar-refractivity contribution in [3.63, 3.8) is 0 Å². The van der Waals surface area contributed by atoms with Crippen molar-refractivity contribution in [1.29, 1.82) is 0 Å². The maximum atomic E-state index is 13.2. The van der Waals surface area contributed by atoms with Crippen LogP contribution in [0.5, 0.6) is 0 Å². The molecule has 2 aromatic carbocycles. The van der Waals surface area contributed by atoms with Gasteiger partial charge in [0.2, 0.25) is 5.91 Å². The lowest BCUT2D eigenvalue weighted by molar-refractivity contribution is -0.116. The van der Waals surface area contributed by atoms with Crippen LogP contribution in [0.15, 0.2) is 60.9 Å². The molecule has 7 heteroatoms. The Labute approximate surface area is 149 Å². The highest BCUT2D eigenvalue weighted by atomic mass is 19.2. The van der Waals surface area contributed by atoms with E-state index >= 15 is 0 Å². The summed E-state index contributed by atoms with van der Waals surface area (Å²) in [6.07, 6.45) is 3.59. The second-order valence-corrected chi connectivity index (χ2v) is 5.89. The molecule has 0 saturated carbocycles. The van der Waals surface area contributed by atoms with Gasteiger partial charge in [-0.3, -0.25) is 9.48 Å². The van der Waals surface area contributed by atoms with Crippen molar-refractivity contribution in [2.45, 2.75) is 19.5 Å². The van der Waals surface area contributed by atoms with Crippen molar-refractivity contribution in [2.75, 3.05) is 10.6 Å². The minimum Gasteiger partial charge on any atom is -0.374 e. The number of carbonyl (C=O) groups excluding carboxylic acids is 1. The summed E-state index contributed by atoms with van der Waals surface area (Å²) in [7, 11) is 0. The molecule has 26 heavy (non-hydrogen) atoms. The molecule has 0 fully saturated rings. The number of benzene rings is 2. The molecule has 3 aromatic rings. The predicted octanol–water partition coefficient (Wildman–Crippen LogP) is 3.65. The van der Waals surface area contributed by atoms with E-state index in [4.69, 9.17) is 0 Å². The lowest BCUT2D eigenvalue weighted by Gasteiger charge is -2.16. The molecule has 1 heterocycles. The Hall–Kier alpha value is -3.22. The smallest absolute Gasteiger partial charge is 0.246 e. The number of anilines is 2. The van der Waals surface area contributed by atoms with E-state index in [-0.39, 0.29) is 11.6 Å². The normalized spacial score (nSPS) is 11.8. The van der Waals surface area contributed by atoms with Crippen LogP contribution < -0.4 is 10.6 Å². The number of hydrogen-bond acceptors (Lipinski definition) is 3. The van der Waals surface area contributed by atoms with Gasteiger partial charge in [0.15, 0.2) is 11.6 Å². The van der Waals surface area contributed by atoms with Gasteiger partial charge >= 0.3 is 0 Å². The minimum atomic E-state index is -1.00. The summed E-state index contributed by atoms with van der Waals surface area (Å²) in [5.41, 5.74) is 2.02. The molecule has 134 valence electrons. The molecule has 1 amide bonds. The Morgan fingerprint density at radius 3 is 2.69 bits per heavy atom. The lowest BCUT2D eigenvalue weighted by atomic mass is 10.2. The van der Waals surface area contributed by atoms with Crippen LogP contribution in [0.4, 0.5) is 20.2 Å². The Morgan fingerprint density at radius 2 is 1.96 bits per heavy atom. The van der Waals surface area contributed by atoms with E-state index in [2.05, 4.69) is 15.7 Å². The zero-order valence-corrected chi connectivity index (χ0v) is 14.1. The summed E-state index contributed by atoms with van der Waals surface area (Å²) in [5, 5.41) is 9.82. The molecule has 0 saturated heterocycles. The first kappa shape index (κ1) is 17.6. The number of amides is 1. The van der Waals surface area contributed by atoms with Crippen LogP contribution in [-0.2, 0) is 11.3 Å². The van der Waals surface area contributed by atoms with E-state index in [0.717, 1.165) is 23.4 Å². The van der Waals surface area contributed by atoms with Crippen LogP contribution in [-0.4, -0.2) is 21.7 Å². The van der Waals surface area contributed by atoms with Crippen LogP contribution in [0.25, 0.3) is 0 Å². The molecule has 0 spiro atoms. The lowest BCUT2D eigenvalue weighted by Crippen LogP contribution is -2.31. The van der Waals surface area contributed by atoms with Crippen molar-refractivity contribution in [3.8, 4) is 0 Å². The fourth-order valence-corrected chi connectivity index (χ4v) is 2.48. The zero-order chi connectivity index (χ0) is 18.5. The average molecular weight is 356 g/mol. The molecule has 5 nitrogen and oxygen atoms in total. The second-order valence-electron chi connectivity index (χ2n) is 5.89. The van der Waals surface area contributed by atoms with E-state index in [0.29, 0.717) is 6.54 Å². The van der Waals surface area contributed by atoms with Gasteiger partial charge in [-0.15, -0.1) is 0 Å². The molecule has 0 aliphatic rings. The van der Waals surface area contributed by atoms with Gasteiger partial charge in [-0.1, -0.05) is 12.1 Å². The van der Waals surface area contributed by atoms with Gasteiger partial charge in [0.25, 0.3) is 0 Å². The van der Waals surface area contributed by atoms with Crippen molar-refractivity contribution >= 4 is 17.3 Å². The van der Waals surface area contributed by atoms with E-state index in [1.165, 1.54) is 6.07 Å². The largest absolute Gasteiger partial charge is 0.374 e. The highest BCUT2D eigenvalue weighted by molar-refractivity contribution is 5.96. The molecule has 3 rings (SSSR count). The van der Waals surface area contributed by atoms with Crippen molar-refractivity contribution in [3.05, 3.63) is 78.1 Å². The number of aromatic nitrogens is 2. The number of halogens is 2. The van der Waals surface area contributed by atoms with Crippen LogP contribution in [0.2, 0.25) is 0 Å². The molecule has 0 bridgehead atoms. The van der Waals surface area contributed by atoms with Crippen LogP contribution in [0.3, 0.4) is 0 Å². The average Bonchev–Trinajstić information content (AvgIpc) is 3.11. The van der Waals surface area contributed by atoms with Crippen molar-refractivity contribution in [2.24, 2.45) is 0 Å². The number of nitrogens with one attached hydrogen (secondary N) is 2. The maximum absolute atomic E-state index is 13.2. The fourth-order valence-electron chi connectivity index (χ4n) is 2.48. The molecule has 2 N–H and O–H groups in total. The Bertz CT molecular complexity index is 896. The number of rotatable bonds is 6. The molecular formula is C19H18F2N4O. The van der Waals surface area contributed by atoms with Gasteiger partial charge in [-0.2, -0.15) is 5.10 Å². The van der Waals surface area contributed by atoms with E-state index in [1.54, 1.807) is 17.8 Å². The summed E-state index contributed by atoms with van der Waals surface area (Å²) in [6.45, 7) is 2.31. The van der Waals surface area contributed by atoms with Gasteiger partial charge in [0.05, 0.1) is 6.54 Å². The SMILES string of the molecule is CC(Nc1cccc(Cn2cccn2)c1)C(=O)Nc1ccc(F)c(F)c1. The molecular weight excluding hydrogens is 338 g/mol. The molecule has 1 unspecified atom stereocenters. The number of nitrogens with zero attached hydrogens (tertiary/aromatic N) is 2. The highest BCUT2D eigenvalue weighted by Crippen LogP contribution is 2.16. The summed E-state index contributed by atoms with van der Waals surface area (Å²) in [4.78, 5) is 12.3. The topological polar surface area (TPSA) is 59.0 Å². The summed E-state index contributed by atoms with van der Waals surface area (Å²) >= 11 is 0. The first-order valence-corrected chi connectivity index (χ1v) is 8.10. The summed E-state index contributed by atoms with van der Waals surface area (Å²) in [5.74, 6) is -2.31. The van der Waals surface area contributed by atoms with Gasteiger partial charge < -0.3 is 10.6 Å². The summed E-state index contributed by atoms with van der Waals surface area (Å²) < 4.78 is 28.0. The minimum absolute atomic E-state index is 0.204. The standard InChI is InChI=1S/C19H18F2N4O/c1-13(19(26)24-16-6-7-17(20)18(21)11-16)23-15-5-2-4-14(10-15)12-25-9-3-8-22-25/h2-11,13,23H,12H2,1H3,(H,24,26). The highest BCUT2D eigenvalue weighted by Gasteiger charge is 2.14. The van der Waals surface area contributed by atoms with E-state index < -0.39 is 17.7 Å². The van der Waals surface area contributed by atoms with Gasteiger partial charge in [0.1, 0.15) is 6.04 Å². The van der Waals surface area contributed by atoms with Crippen molar-refractivity contribution in [1.82, 2.24) is 9.78 Å². The zero-order valence-electron chi connectivity index (χ0n) is 14.1. The van der Waals surface area contributed by atoms with Crippen LogP contribution in [0, 0.1) is 11.6 Å². The molecule has 1 atom stereocenters. The Kier molecular flexibility index (Phi) is 5.26. The van der Waals surface area contributed by atoms with E-state index in [1.807, 2.05) is 36.5 Å². The third kappa shape index (κ3) is 4.44. The Balaban J connectivity index is 1.62. The number of carbonyl (C=O) groups is 1.